The maximum absolute atomic E-state index is 6.64. The molecule has 0 spiro atoms. The van der Waals surface area contributed by atoms with Gasteiger partial charge in [-0.15, -0.1) is 0 Å². The summed E-state index contributed by atoms with van der Waals surface area (Å²) in [7, 11) is -5.75. The normalized spacial score (nSPS) is 17.6. The molecule has 0 radical (unpaired) electrons. The molecule has 0 aliphatic carbocycles. The molecule has 0 saturated heterocycles. The summed E-state index contributed by atoms with van der Waals surface area (Å²) < 4.78 is 26.0. The lowest BCUT2D eigenvalue weighted by Gasteiger charge is -2.41. The van der Waals surface area contributed by atoms with Crippen LogP contribution in [0.1, 0.15) is 0 Å². The van der Waals surface area contributed by atoms with Gasteiger partial charge >= 0.3 is 0 Å². The van der Waals surface area contributed by atoms with Gasteiger partial charge in [-0.3, -0.25) is 0 Å². The van der Waals surface area contributed by atoms with Gasteiger partial charge in [0, 0.05) is 0 Å². The van der Waals surface area contributed by atoms with Crippen LogP contribution in [0.3, 0.4) is 0 Å². The number of oxime groups is 1. The van der Waals surface area contributed by atoms with Crippen LogP contribution in [0.4, 0.5) is 0 Å². The molecular formula is C18H45NO5Si4. The lowest BCUT2D eigenvalue weighted by atomic mass is 10.1. The molecular weight excluding hydrogens is 423 g/mol. The van der Waals surface area contributed by atoms with E-state index in [1.807, 2.05) is 0 Å². The Morgan fingerprint density at radius 3 is 1.50 bits per heavy atom. The van der Waals surface area contributed by atoms with Crippen molar-refractivity contribution >= 4 is 39.5 Å². The van der Waals surface area contributed by atoms with E-state index in [1.54, 1.807) is 13.3 Å². The van der Waals surface area contributed by atoms with Crippen LogP contribution in [0.2, 0.25) is 78.6 Å². The summed E-state index contributed by atoms with van der Waals surface area (Å²) in [6.45, 7) is 26.7. The van der Waals surface area contributed by atoms with Crippen LogP contribution in [-0.2, 0) is 22.5 Å². The zero-order valence-corrected chi connectivity index (χ0v) is 24.5. The van der Waals surface area contributed by atoms with Gasteiger partial charge in [-0.05, 0) is 78.6 Å². The van der Waals surface area contributed by atoms with Crippen LogP contribution in [-0.4, -0.2) is 71.5 Å². The highest BCUT2D eigenvalue weighted by Gasteiger charge is 2.40. The first-order valence-corrected chi connectivity index (χ1v) is 23.7. The average Bonchev–Trinajstić information content (AvgIpc) is 2.41. The largest absolute Gasteiger partial charge is 0.415 e. The van der Waals surface area contributed by atoms with Crippen molar-refractivity contribution in [2.45, 2.75) is 96.9 Å². The molecule has 0 fully saturated rings. The van der Waals surface area contributed by atoms with Crippen molar-refractivity contribution in [2.75, 3.05) is 13.7 Å². The summed E-state index contributed by atoms with van der Waals surface area (Å²) >= 11 is 0. The average molecular weight is 468 g/mol. The van der Waals surface area contributed by atoms with E-state index < -0.39 is 33.3 Å². The minimum Gasteiger partial charge on any atom is -0.415 e. The second-order valence-corrected chi connectivity index (χ2v) is 28.9. The molecule has 0 aromatic carbocycles. The zero-order valence-electron chi connectivity index (χ0n) is 20.5. The molecule has 0 saturated carbocycles. The highest BCUT2D eigenvalue weighted by Crippen LogP contribution is 2.24. The molecule has 28 heavy (non-hydrogen) atoms. The maximum atomic E-state index is 6.64. The Morgan fingerprint density at radius 2 is 1.14 bits per heavy atom. The van der Waals surface area contributed by atoms with Gasteiger partial charge in [0.1, 0.15) is 19.3 Å². The van der Waals surface area contributed by atoms with Crippen LogP contribution in [0.5, 0.6) is 0 Å². The Kier molecular flexibility index (Phi) is 11.1. The second kappa shape index (κ2) is 11.0. The van der Waals surface area contributed by atoms with Crippen molar-refractivity contribution in [2.24, 2.45) is 5.16 Å². The summed E-state index contributed by atoms with van der Waals surface area (Å²) in [6.07, 6.45) is 0.873. The van der Waals surface area contributed by atoms with E-state index in [2.05, 4.69) is 83.7 Å². The highest BCUT2D eigenvalue weighted by molar-refractivity contribution is 6.71. The summed E-state index contributed by atoms with van der Waals surface area (Å²) in [5, 5.41) is 4.03. The molecule has 168 valence electrons. The third-order valence-electron chi connectivity index (χ3n) is 3.17. The number of nitrogens with zero attached hydrogens (tertiary/aromatic N) is 1. The minimum absolute atomic E-state index is 0.213. The van der Waals surface area contributed by atoms with Crippen LogP contribution in [0.15, 0.2) is 5.16 Å². The van der Waals surface area contributed by atoms with Crippen molar-refractivity contribution in [3.8, 4) is 0 Å². The first-order chi connectivity index (χ1) is 12.3. The first kappa shape index (κ1) is 28.2. The summed E-state index contributed by atoms with van der Waals surface area (Å²) in [4.78, 5) is 4.97. The molecule has 0 bridgehead atoms. The molecule has 0 aromatic heterocycles. The molecule has 10 heteroatoms. The van der Waals surface area contributed by atoms with Gasteiger partial charge in [-0.1, -0.05) is 5.16 Å². The monoisotopic (exact) mass is 467 g/mol. The molecule has 3 atom stereocenters. The number of rotatable bonds is 13. The van der Waals surface area contributed by atoms with Crippen molar-refractivity contribution in [3.05, 3.63) is 0 Å². The molecule has 0 unspecified atom stereocenters. The van der Waals surface area contributed by atoms with E-state index >= 15 is 0 Å². The fraction of sp³-hybridized carbons (Fsp3) is 0.944. The lowest BCUT2D eigenvalue weighted by molar-refractivity contribution is -0.0281. The molecule has 0 heterocycles. The smallest absolute Gasteiger partial charge is 0.184 e. The number of hydrogen-bond acceptors (Lipinski definition) is 6. The Hall–Kier alpha value is 0.178. The topological polar surface area (TPSA) is 58.5 Å². The van der Waals surface area contributed by atoms with Gasteiger partial charge in [-0.2, -0.15) is 0 Å². The van der Waals surface area contributed by atoms with Crippen LogP contribution >= 0.6 is 0 Å². The fourth-order valence-electron chi connectivity index (χ4n) is 2.46. The summed E-state index contributed by atoms with van der Waals surface area (Å²) in [6, 6.07) is 0. The van der Waals surface area contributed by atoms with Crippen LogP contribution in [0.25, 0.3) is 0 Å². The van der Waals surface area contributed by atoms with E-state index in [-0.39, 0.29) is 18.3 Å². The predicted octanol–water partition coefficient (Wildman–Crippen LogP) is 5.13. The van der Waals surface area contributed by atoms with Gasteiger partial charge in [-0.25, -0.2) is 0 Å². The molecule has 0 amide bonds. The lowest BCUT2D eigenvalue weighted by Crippen LogP contribution is -2.55. The molecule has 0 aliphatic rings. The van der Waals surface area contributed by atoms with Crippen molar-refractivity contribution in [1.29, 1.82) is 0 Å². The van der Waals surface area contributed by atoms with E-state index in [1.165, 1.54) is 0 Å². The standard InChI is InChI=1S/C18H45NO5Si4/c1-20-19-14-16(22-26(5,6)7)18(24-28(11,12)13)17(23-27(8,9)10)15-21-25(2,3)4/h14,16-18H,15H2,1-13H3/b19-14+/t16-,17-,18+/m0/s1. The van der Waals surface area contributed by atoms with E-state index in [0.29, 0.717) is 6.61 Å². The Balaban J connectivity index is 6.01. The Bertz CT molecular complexity index is 478. The van der Waals surface area contributed by atoms with Crippen LogP contribution < -0.4 is 0 Å². The molecule has 6 nitrogen and oxygen atoms in total. The van der Waals surface area contributed by atoms with Crippen molar-refractivity contribution < 1.29 is 22.5 Å². The zero-order chi connectivity index (χ0) is 22.4. The maximum Gasteiger partial charge on any atom is 0.184 e. The highest BCUT2D eigenvalue weighted by atomic mass is 28.4. The molecule has 0 aromatic rings. The van der Waals surface area contributed by atoms with E-state index in [4.69, 9.17) is 22.5 Å². The quantitative estimate of drug-likeness (QED) is 0.213. The minimum atomic E-state index is -1.89. The van der Waals surface area contributed by atoms with Gasteiger partial charge < -0.3 is 22.5 Å². The van der Waals surface area contributed by atoms with Crippen molar-refractivity contribution in [1.82, 2.24) is 0 Å². The molecule has 0 N–H and O–H groups in total. The van der Waals surface area contributed by atoms with E-state index in [9.17, 15) is 0 Å². The predicted molar refractivity (Wildman–Crippen MR) is 129 cm³/mol. The van der Waals surface area contributed by atoms with Gasteiger partial charge in [0.2, 0.25) is 0 Å². The third kappa shape index (κ3) is 15.1. The van der Waals surface area contributed by atoms with Crippen LogP contribution in [0, 0.1) is 0 Å². The molecule has 0 rings (SSSR count). The summed E-state index contributed by atoms with van der Waals surface area (Å²) in [5.41, 5.74) is 0. The fourth-order valence-corrected chi connectivity index (χ4v) is 6.34. The Morgan fingerprint density at radius 1 is 0.679 bits per heavy atom. The molecule has 0 aliphatic heterocycles. The first-order valence-electron chi connectivity index (χ1n) is 10.1. The SMILES string of the molecule is CO/N=C/[C@H](O[Si](C)(C)C)[C@@H](O[Si](C)(C)C)[C@H](CO[Si](C)(C)C)O[Si](C)(C)C. The van der Waals surface area contributed by atoms with Gasteiger partial charge in [0.15, 0.2) is 33.3 Å². The van der Waals surface area contributed by atoms with E-state index in [0.717, 1.165) is 0 Å². The number of hydrogen-bond donors (Lipinski definition) is 0. The van der Waals surface area contributed by atoms with Crippen molar-refractivity contribution in [3.63, 3.8) is 0 Å². The van der Waals surface area contributed by atoms with Gasteiger partial charge in [0.25, 0.3) is 0 Å². The second-order valence-electron chi connectivity index (χ2n) is 11.0. The summed E-state index contributed by atoms with van der Waals surface area (Å²) in [5.74, 6) is 0. The third-order valence-corrected chi connectivity index (χ3v) is 7.17. The Labute approximate surface area is 177 Å². The van der Waals surface area contributed by atoms with Gasteiger partial charge in [0.05, 0.1) is 18.9 Å².